The summed E-state index contributed by atoms with van der Waals surface area (Å²) in [6, 6.07) is 5.61. The zero-order chi connectivity index (χ0) is 20.5. The summed E-state index contributed by atoms with van der Waals surface area (Å²) in [5, 5.41) is 12.3. The van der Waals surface area contributed by atoms with Gasteiger partial charge in [0.15, 0.2) is 0 Å². The molecular formula is C21H24N6O2. The Balaban J connectivity index is 1.72. The SMILES string of the molecule is C=CCC(C)C(=O)N1CCn2ncc(-c3ccc4c(=O)[nH]nc(CN)c4c3)c2C1. The maximum atomic E-state index is 12.8. The number of nitrogens with one attached hydrogen (secondary N) is 1. The van der Waals surface area contributed by atoms with Gasteiger partial charge in [0, 0.05) is 30.0 Å². The molecule has 3 heterocycles. The molecule has 8 heteroatoms. The molecule has 0 fully saturated rings. The van der Waals surface area contributed by atoms with Crippen molar-refractivity contribution in [3.63, 3.8) is 0 Å². The smallest absolute Gasteiger partial charge is 0.272 e. The minimum Gasteiger partial charge on any atom is -0.335 e. The van der Waals surface area contributed by atoms with E-state index in [2.05, 4.69) is 21.9 Å². The molecule has 1 aliphatic heterocycles. The van der Waals surface area contributed by atoms with Crippen molar-refractivity contribution in [2.24, 2.45) is 11.7 Å². The molecule has 0 saturated heterocycles. The predicted molar refractivity (Wildman–Crippen MR) is 111 cm³/mol. The molecule has 29 heavy (non-hydrogen) atoms. The number of benzene rings is 1. The van der Waals surface area contributed by atoms with Crippen molar-refractivity contribution >= 4 is 16.7 Å². The van der Waals surface area contributed by atoms with Crippen molar-refractivity contribution in [1.82, 2.24) is 24.9 Å². The number of nitrogens with two attached hydrogens (primary N) is 1. The van der Waals surface area contributed by atoms with Crippen molar-refractivity contribution < 1.29 is 4.79 Å². The van der Waals surface area contributed by atoms with Crippen molar-refractivity contribution in [3.05, 3.63) is 58.8 Å². The van der Waals surface area contributed by atoms with Crippen LogP contribution in [0.5, 0.6) is 0 Å². The van der Waals surface area contributed by atoms with Crippen LogP contribution in [-0.2, 0) is 24.4 Å². The predicted octanol–water partition coefficient (Wildman–Crippen LogP) is 1.80. The molecule has 1 atom stereocenters. The van der Waals surface area contributed by atoms with Crippen LogP contribution in [0, 0.1) is 5.92 Å². The number of amides is 1. The minimum absolute atomic E-state index is 0.0870. The molecule has 1 unspecified atom stereocenters. The Kier molecular flexibility index (Phi) is 5.02. The number of carbonyl (C=O) groups is 1. The van der Waals surface area contributed by atoms with E-state index < -0.39 is 0 Å². The zero-order valence-electron chi connectivity index (χ0n) is 16.4. The van der Waals surface area contributed by atoms with E-state index >= 15 is 0 Å². The van der Waals surface area contributed by atoms with Gasteiger partial charge in [-0.1, -0.05) is 19.1 Å². The first-order chi connectivity index (χ1) is 14.0. The molecule has 0 radical (unpaired) electrons. The maximum absolute atomic E-state index is 12.8. The molecule has 1 amide bonds. The second-order valence-electron chi connectivity index (χ2n) is 7.38. The molecule has 3 aromatic rings. The highest BCUT2D eigenvalue weighted by Crippen LogP contribution is 2.30. The summed E-state index contributed by atoms with van der Waals surface area (Å²) in [5.41, 5.74) is 9.05. The summed E-state index contributed by atoms with van der Waals surface area (Å²) in [4.78, 5) is 26.7. The van der Waals surface area contributed by atoms with Gasteiger partial charge in [-0.2, -0.15) is 10.2 Å². The second-order valence-corrected chi connectivity index (χ2v) is 7.38. The fraction of sp³-hybridized carbons (Fsp3) is 0.333. The van der Waals surface area contributed by atoms with Crippen LogP contribution in [0.1, 0.15) is 24.7 Å². The zero-order valence-corrected chi connectivity index (χ0v) is 16.4. The van der Waals surface area contributed by atoms with Crippen LogP contribution in [0.15, 0.2) is 41.8 Å². The lowest BCUT2D eigenvalue weighted by molar-refractivity contribution is -0.136. The molecule has 0 aliphatic carbocycles. The van der Waals surface area contributed by atoms with Crippen LogP contribution in [0.4, 0.5) is 0 Å². The van der Waals surface area contributed by atoms with Gasteiger partial charge >= 0.3 is 0 Å². The fourth-order valence-corrected chi connectivity index (χ4v) is 3.88. The molecular weight excluding hydrogens is 368 g/mol. The Bertz CT molecular complexity index is 1150. The lowest BCUT2D eigenvalue weighted by Crippen LogP contribution is -2.41. The summed E-state index contributed by atoms with van der Waals surface area (Å²) in [6.07, 6.45) is 4.26. The fourth-order valence-electron chi connectivity index (χ4n) is 3.88. The van der Waals surface area contributed by atoms with Crippen LogP contribution in [0.3, 0.4) is 0 Å². The Labute approximate surface area is 168 Å². The van der Waals surface area contributed by atoms with Gasteiger partial charge in [0.05, 0.1) is 36.1 Å². The van der Waals surface area contributed by atoms with Crippen molar-refractivity contribution in [2.75, 3.05) is 6.54 Å². The first-order valence-corrected chi connectivity index (χ1v) is 9.69. The number of nitrogens with zero attached hydrogens (tertiary/aromatic N) is 4. The van der Waals surface area contributed by atoms with Gasteiger partial charge in [0.1, 0.15) is 0 Å². The summed E-state index contributed by atoms with van der Waals surface area (Å²) < 4.78 is 1.95. The standard InChI is InChI=1S/C21H24N6O2/c1-3-4-13(2)21(29)26-7-8-27-19(12-26)17(11-23-27)14-5-6-15-16(9-14)18(10-22)24-25-20(15)28/h3,5-6,9,11,13H,1,4,7-8,10,12,22H2,2H3,(H,25,28). The molecule has 3 N–H and O–H groups in total. The second kappa shape index (κ2) is 7.63. The van der Waals surface area contributed by atoms with Gasteiger partial charge in [-0.05, 0) is 24.1 Å². The van der Waals surface area contributed by atoms with E-state index in [4.69, 9.17) is 5.73 Å². The maximum Gasteiger partial charge on any atom is 0.272 e. The first-order valence-electron chi connectivity index (χ1n) is 9.69. The Hall–Kier alpha value is -3.26. The van der Waals surface area contributed by atoms with Crippen LogP contribution < -0.4 is 11.3 Å². The Morgan fingerprint density at radius 3 is 2.97 bits per heavy atom. The highest BCUT2D eigenvalue weighted by Gasteiger charge is 2.27. The van der Waals surface area contributed by atoms with E-state index in [0.717, 1.165) is 22.2 Å². The first kappa shape index (κ1) is 19.1. The molecule has 1 aliphatic rings. The quantitative estimate of drug-likeness (QED) is 0.644. The molecule has 0 spiro atoms. The number of aromatic nitrogens is 4. The van der Waals surface area contributed by atoms with Crippen LogP contribution >= 0.6 is 0 Å². The normalized spacial score (nSPS) is 14.6. The van der Waals surface area contributed by atoms with E-state index in [1.165, 1.54) is 0 Å². The van der Waals surface area contributed by atoms with Gasteiger partial charge in [-0.15, -0.1) is 6.58 Å². The number of allylic oxidation sites excluding steroid dienone is 1. The van der Waals surface area contributed by atoms with E-state index in [1.54, 1.807) is 12.1 Å². The third-order valence-electron chi connectivity index (χ3n) is 5.50. The minimum atomic E-state index is -0.242. The molecule has 0 bridgehead atoms. The van der Waals surface area contributed by atoms with Gasteiger partial charge in [-0.3, -0.25) is 14.3 Å². The molecule has 2 aromatic heterocycles. The van der Waals surface area contributed by atoms with Gasteiger partial charge in [-0.25, -0.2) is 5.10 Å². The summed E-state index contributed by atoms with van der Waals surface area (Å²) in [7, 11) is 0. The summed E-state index contributed by atoms with van der Waals surface area (Å²) >= 11 is 0. The highest BCUT2D eigenvalue weighted by molar-refractivity contribution is 5.88. The van der Waals surface area contributed by atoms with Crippen molar-refractivity contribution in [2.45, 2.75) is 33.0 Å². The topological polar surface area (TPSA) is 110 Å². The van der Waals surface area contributed by atoms with E-state index in [9.17, 15) is 9.59 Å². The number of rotatable bonds is 5. The van der Waals surface area contributed by atoms with E-state index in [1.807, 2.05) is 34.8 Å². The number of fused-ring (bicyclic) bond motifs is 2. The van der Waals surface area contributed by atoms with Gasteiger partial charge in [0.2, 0.25) is 5.91 Å². The largest absolute Gasteiger partial charge is 0.335 e. The third kappa shape index (κ3) is 3.36. The van der Waals surface area contributed by atoms with Crippen LogP contribution in [-0.4, -0.2) is 37.3 Å². The van der Waals surface area contributed by atoms with Gasteiger partial charge in [0.25, 0.3) is 5.56 Å². The van der Waals surface area contributed by atoms with Crippen LogP contribution in [0.25, 0.3) is 21.9 Å². The molecule has 0 saturated carbocycles. The van der Waals surface area contributed by atoms with Crippen molar-refractivity contribution in [1.29, 1.82) is 0 Å². The van der Waals surface area contributed by atoms with Gasteiger partial charge < -0.3 is 10.6 Å². The Morgan fingerprint density at radius 2 is 2.21 bits per heavy atom. The molecule has 1 aromatic carbocycles. The lowest BCUT2D eigenvalue weighted by atomic mass is 10.00. The van der Waals surface area contributed by atoms with E-state index in [0.29, 0.717) is 37.1 Å². The molecule has 150 valence electrons. The van der Waals surface area contributed by atoms with Crippen molar-refractivity contribution in [3.8, 4) is 11.1 Å². The number of aromatic amines is 1. The third-order valence-corrected chi connectivity index (χ3v) is 5.50. The highest BCUT2D eigenvalue weighted by atomic mass is 16.2. The monoisotopic (exact) mass is 392 g/mol. The Morgan fingerprint density at radius 1 is 1.38 bits per heavy atom. The van der Waals surface area contributed by atoms with Crippen LogP contribution in [0.2, 0.25) is 0 Å². The number of carbonyl (C=O) groups excluding carboxylic acids is 1. The number of hydrogen-bond donors (Lipinski definition) is 2. The average molecular weight is 392 g/mol. The number of hydrogen-bond acceptors (Lipinski definition) is 5. The summed E-state index contributed by atoms with van der Waals surface area (Å²) in [5.74, 6) is 0.0407. The number of H-pyrrole nitrogens is 1. The average Bonchev–Trinajstić information content (AvgIpc) is 3.16. The summed E-state index contributed by atoms with van der Waals surface area (Å²) in [6.45, 7) is 7.69. The molecule has 4 rings (SSSR count). The molecule has 8 nitrogen and oxygen atoms in total. The lowest BCUT2D eigenvalue weighted by Gasteiger charge is -2.30. The van der Waals surface area contributed by atoms with E-state index in [-0.39, 0.29) is 23.9 Å².